The highest BCUT2D eigenvalue weighted by Gasteiger charge is 2.42. The SMILES string of the molecule is CCCCCCC1(CCCCCC)c2cc(-c3ccc(C)cc3)ccc2-c2ccc(-c3c(C)cc(C)cc3C)cc21. The molecule has 4 aromatic carbocycles. The van der Waals surface area contributed by atoms with E-state index in [1.807, 2.05) is 0 Å². The van der Waals surface area contributed by atoms with Crippen LogP contribution in [0.4, 0.5) is 0 Å². The third-order valence-electron chi connectivity index (χ3n) is 9.63. The number of hydrogen-bond acceptors (Lipinski definition) is 0. The Bertz CT molecular complexity index is 1450. The van der Waals surface area contributed by atoms with Gasteiger partial charge in [-0.3, -0.25) is 0 Å². The Labute approximate surface area is 250 Å². The van der Waals surface area contributed by atoms with E-state index in [0.29, 0.717) is 0 Å². The standard InChI is InChI=1S/C41H50/c1-7-9-11-13-23-41(24-14-12-10-8-2)38-27-34(33-17-15-29(3)16-18-33)19-21-36(38)37-22-20-35(28-39(37)41)40-31(5)25-30(4)26-32(40)6/h15-22,25-28H,7-14,23-24H2,1-6H3. The molecule has 41 heavy (non-hydrogen) atoms. The molecular weight excluding hydrogens is 492 g/mol. The molecule has 0 fully saturated rings. The van der Waals surface area contributed by atoms with Crippen molar-refractivity contribution in [3.8, 4) is 33.4 Å². The zero-order valence-corrected chi connectivity index (χ0v) is 26.5. The summed E-state index contributed by atoms with van der Waals surface area (Å²) >= 11 is 0. The lowest BCUT2D eigenvalue weighted by Gasteiger charge is -2.33. The van der Waals surface area contributed by atoms with Crippen LogP contribution in [0, 0.1) is 27.7 Å². The molecule has 5 rings (SSSR count). The van der Waals surface area contributed by atoms with E-state index < -0.39 is 0 Å². The number of fused-ring (bicyclic) bond motifs is 3. The van der Waals surface area contributed by atoms with Gasteiger partial charge in [0.05, 0.1) is 0 Å². The molecule has 1 aliphatic rings. The quantitative estimate of drug-likeness (QED) is 0.156. The van der Waals surface area contributed by atoms with Crippen LogP contribution in [0.5, 0.6) is 0 Å². The zero-order chi connectivity index (χ0) is 29.0. The minimum Gasteiger partial charge on any atom is -0.0654 e. The van der Waals surface area contributed by atoms with Crippen LogP contribution in [0.2, 0.25) is 0 Å². The fourth-order valence-corrected chi connectivity index (χ4v) is 7.58. The first-order chi connectivity index (χ1) is 19.9. The van der Waals surface area contributed by atoms with Gasteiger partial charge >= 0.3 is 0 Å². The van der Waals surface area contributed by atoms with E-state index in [4.69, 9.17) is 0 Å². The average Bonchev–Trinajstić information content (AvgIpc) is 3.22. The maximum absolute atomic E-state index is 2.60. The molecule has 0 saturated carbocycles. The molecule has 0 saturated heterocycles. The van der Waals surface area contributed by atoms with Gasteiger partial charge in [-0.25, -0.2) is 0 Å². The van der Waals surface area contributed by atoms with E-state index in [1.54, 1.807) is 11.1 Å². The van der Waals surface area contributed by atoms with Gasteiger partial charge in [0.2, 0.25) is 0 Å². The molecule has 1 aliphatic carbocycles. The first kappa shape index (κ1) is 29.4. The Hall–Kier alpha value is -3.12. The monoisotopic (exact) mass is 542 g/mol. The fourth-order valence-electron chi connectivity index (χ4n) is 7.58. The van der Waals surface area contributed by atoms with Crippen molar-refractivity contribution in [3.05, 3.63) is 106 Å². The van der Waals surface area contributed by atoms with Crippen LogP contribution in [0.3, 0.4) is 0 Å². The molecule has 0 nitrogen and oxygen atoms in total. The van der Waals surface area contributed by atoms with Gasteiger partial charge in [0.25, 0.3) is 0 Å². The Kier molecular flexibility index (Phi) is 9.18. The lowest BCUT2D eigenvalue weighted by molar-refractivity contribution is 0.401. The summed E-state index contributed by atoms with van der Waals surface area (Å²) < 4.78 is 0. The molecular formula is C41H50. The fraction of sp³-hybridized carbons (Fsp3) is 0.415. The maximum atomic E-state index is 2.60. The van der Waals surface area contributed by atoms with Crippen LogP contribution in [-0.4, -0.2) is 0 Å². The van der Waals surface area contributed by atoms with Crippen molar-refractivity contribution in [1.29, 1.82) is 0 Å². The van der Waals surface area contributed by atoms with Gasteiger partial charge < -0.3 is 0 Å². The normalized spacial score (nSPS) is 13.3. The second-order valence-electron chi connectivity index (χ2n) is 12.9. The Balaban J connectivity index is 1.68. The van der Waals surface area contributed by atoms with Crippen molar-refractivity contribution in [2.45, 2.75) is 111 Å². The van der Waals surface area contributed by atoms with Gasteiger partial charge in [-0.1, -0.05) is 137 Å². The van der Waals surface area contributed by atoms with Crippen LogP contribution in [0.1, 0.15) is 111 Å². The van der Waals surface area contributed by atoms with Crippen molar-refractivity contribution in [2.24, 2.45) is 0 Å². The van der Waals surface area contributed by atoms with Crippen molar-refractivity contribution in [2.75, 3.05) is 0 Å². The molecule has 4 aromatic rings. The van der Waals surface area contributed by atoms with Crippen LogP contribution in [0.15, 0.2) is 72.8 Å². The van der Waals surface area contributed by atoms with Gasteiger partial charge in [0.15, 0.2) is 0 Å². The number of unbranched alkanes of at least 4 members (excludes halogenated alkanes) is 6. The van der Waals surface area contributed by atoms with Crippen LogP contribution >= 0.6 is 0 Å². The minimum absolute atomic E-state index is 0.0787. The molecule has 0 radical (unpaired) electrons. The highest BCUT2D eigenvalue weighted by Crippen LogP contribution is 2.56. The van der Waals surface area contributed by atoms with Crippen molar-refractivity contribution in [3.63, 3.8) is 0 Å². The number of aryl methyl sites for hydroxylation is 4. The predicted molar refractivity (Wildman–Crippen MR) is 180 cm³/mol. The summed E-state index contributed by atoms with van der Waals surface area (Å²) in [4.78, 5) is 0. The second kappa shape index (κ2) is 12.8. The highest BCUT2D eigenvalue weighted by atomic mass is 14.5. The summed E-state index contributed by atoms with van der Waals surface area (Å²) in [6, 6.07) is 28.6. The summed E-state index contributed by atoms with van der Waals surface area (Å²) in [5, 5.41) is 0. The molecule has 214 valence electrons. The largest absolute Gasteiger partial charge is 0.0654 e. The summed E-state index contributed by atoms with van der Waals surface area (Å²) in [5.74, 6) is 0. The van der Waals surface area contributed by atoms with Crippen LogP contribution < -0.4 is 0 Å². The molecule has 0 atom stereocenters. The van der Waals surface area contributed by atoms with Crippen molar-refractivity contribution < 1.29 is 0 Å². The van der Waals surface area contributed by atoms with E-state index in [1.165, 1.54) is 120 Å². The number of benzene rings is 4. The van der Waals surface area contributed by atoms with Crippen LogP contribution in [-0.2, 0) is 5.41 Å². The molecule has 0 aliphatic heterocycles. The van der Waals surface area contributed by atoms with Crippen LogP contribution in [0.25, 0.3) is 33.4 Å². The van der Waals surface area contributed by atoms with Gasteiger partial charge in [0.1, 0.15) is 0 Å². The first-order valence-corrected chi connectivity index (χ1v) is 16.3. The predicted octanol–water partition coefficient (Wildman–Crippen LogP) is 12.5. The van der Waals surface area contributed by atoms with Gasteiger partial charge in [-0.05, 0) is 108 Å². The van der Waals surface area contributed by atoms with Gasteiger partial charge in [0, 0.05) is 5.41 Å². The van der Waals surface area contributed by atoms with E-state index in [9.17, 15) is 0 Å². The third kappa shape index (κ3) is 5.94. The zero-order valence-electron chi connectivity index (χ0n) is 26.5. The third-order valence-corrected chi connectivity index (χ3v) is 9.63. The lowest BCUT2D eigenvalue weighted by Crippen LogP contribution is -2.25. The van der Waals surface area contributed by atoms with Gasteiger partial charge in [-0.15, -0.1) is 0 Å². The molecule has 0 bridgehead atoms. The molecule has 0 spiro atoms. The first-order valence-electron chi connectivity index (χ1n) is 16.3. The summed E-state index contributed by atoms with van der Waals surface area (Å²) in [6.07, 6.45) is 12.9. The number of rotatable bonds is 12. The summed E-state index contributed by atoms with van der Waals surface area (Å²) in [6.45, 7) is 13.6. The average molecular weight is 543 g/mol. The summed E-state index contributed by atoms with van der Waals surface area (Å²) in [5.41, 5.74) is 17.1. The molecule has 0 unspecified atom stereocenters. The van der Waals surface area contributed by atoms with E-state index in [2.05, 4.69) is 114 Å². The summed E-state index contributed by atoms with van der Waals surface area (Å²) in [7, 11) is 0. The Morgan fingerprint density at radius 3 is 1.49 bits per heavy atom. The van der Waals surface area contributed by atoms with Crippen molar-refractivity contribution >= 4 is 0 Å². The Morgan fingerprint density at radius 2 is 0.951 bits per heavy atom. The van der Waals surface area contributed by atoms with Crippen molar-refractivity contribution in [1.82, 2.24) is 0 Å². The number of hydrogen-bond donors (Lipinski definition) is 0. The maximum Gasteiger partial charge on any atom is 0.0215 e. The van der Waals surface area contributed by atoms with E-state index >= 15 is 0 Å². The molecule has 0 N–H and O–H groups in total. The molecule has 0 aromatic heterocycles. The minimum atomic E-state index is 0.0787. The molecule has 0 amide bonds. The highest BCUT2D eigenvalue weighted by molar-refractivity contribution is 5.87. The van der Waals surface area contributed by atoms with Gasteiger partial charge in [-0.2, -0.15) is 0 Å². The lowest BCUT2D eigenvalue weighted by atomic mass is 9.70. The Morgan fingerprint density at radius 1 is 0.463 bits per heavy atom. The smallest absolute Gasteiger partial charge is 0.0215 e. The molecule has 0 heterocycles. The molecule has 0 heteroatoms. The second-order valence-corrected chi connectivity index (χ2v) is 12.9. The topological polar surface area (TPSA) is 0 Å². The van der Waals surface area contributed by atoms with E-state index in [0.717, 1.165) is 0 Å². The van der Waals surface area contributed by atoms with E-state index in [-0.39, 0.29) is 5.41 Å².